The summed E-state index contributed by atoms with van der Waals surface area (Å²) in [5.41, 5.74) is 0. The van der Waals surface area contributed by atoms with E-state index in [4.69, 9.17) is 0 Å². The van der Waals surface area contributed by atoms with Crippen molar-refractivity contribution in [1.29, 1.82) is 0 Å². The van der Waals surface area contributed by atoms with Crippen LogP contribution in [-0.2, 0) is 0 Å². The van der Waals surface area contributed by atoms with Gasteiger partial charge in [0, 0.05) is 0 Å². The Morgan fingerprint density at radius 3 is 2.75 bits per heavy atom. The summed E-state index contributed by atoms with van der Waals surface area (Å²) in [6.45, 7) is 0. The Bertz CT molecular complexity index is 379. The van der Waals surface area contributed by atoms with Gasteiger partial charge in [-0.1, -0.05) is 11.5 Å². The van der Waals surface area contributed by atoms with Crippen molar-refractivity contribution < 1.29 is 34.7 Å². The van der Waals surface area contributed by atoms with E-state index in [1.54, 1.807) is 12.1 Å². The fourth-order valence-corrected chi connectivity index (χ4v) is 1.15. The van der Waals surface area contributed by atoms with E-state index in [2.05, 4.69) is 6.07 Å². The first-order chi connectivity index (χ1) is 5.38. The molecule has 0 heterocycles. The first-order valence-electron chi connectivity index (χ1n) is 3.46. The number of hydrogen-bond donors (Lipinski definition) is 1. The molecule has 0 aliphatic heterocycles. The SMILES string of the molecule is Oc1cccc2c[c-]ccc12.[Na+]. The van der Waals surface area contributed by atoms with Crippen LogP contribution in [0, 0.1) is 6.07 Å². The van der Waals surface area contributed by atoms with Gasteiger partial charge in [-0.3, -0.25) is 0 Å². The Morgan fingerprint density at radius 2 is 2.00 bits per heavy atom. The van der Waals surface area contributed by atoms with Gasteiger partial charge in [0.15, 0.2) is 0 Å². The predicted octanol–water partition coefficient (Wildman–Crippen LogP) is -0.650. The molecule has 0 atom stereocenters. The summed E-state index contributed by atoms with van der Waals surface area (Å²) in [5.74, 6) is 0.330. The predicted molar refractivity (Wildman–Crippen MR) is 44.4 cm³/mol. The third-order valence-corrected chi connectivity index (χ3v) is 1.70. The minimum absolute atomic E-state index is 0. The van der Waals surface area contributed by atoms with Crippen LogP contribution >= 0.6 is 0 Å². The molecule has 1 nitrogen and oxygen atoms in total. The van der Waals surface area contributed by atoms with Gasteiger partial charge in [-0.25, -0.2) is 0 Å². The van der Waals surface area contributed by atoms with E-state index >= 15 is 0 Å². The fraction of sp³-hybridized carbons (Fsp3) is 0. The van der Waals surface area contributed by atoms with E-state index in [-0.39, 0.29) is 29.6 Å². The van der Waals surface area contributed by atoms with Gasteiger partial charge in [0.2, 0.25) is 0 Å². The van der Waals surface area contributed by atoms with Crippen LogP contribution in [0.15, 0.2) is 36.4 Å². The Balaban J connectivity index is 0.000000720. The van der Waals surface area contributed by atoms with Crippen LogP contribution < -0.4 is 29.6 Å². The maximum absolute atomic E-state index is 9.36. The summed E-state index contributed by atoms with van der Waals surface area (Å²) in [6, 6.07) is 13.9. The van der Waals surface area contributed by atoms with Crippen molar-refractivity contribution in [3.8, 4) is 5.75 Å². The van der Waals surface area contributed by atoms with Crippen molar-refractivity contribution in [3.05, 3.63) is 42.5 Å². The molecule has 0 saturated heterocycles. The summed E-state index contributed by atoms with van der Waals surface area (Å²) < 4.78 is 0. The van der Waals surface area contributed by atoms with Gasteiger partial charge >= 0.3 is 29.6 Å². The topological polar surface area (TPSA) is 20.2 Å². The van der Waals surface area contributed by atoms with Crippen LogP contribution in [0.2, 0.25) is 0 Å². The first-order valence-corrected chi connectivity index (χ1v) is 3.46. The number of aromatic hydroxyl groups is 1. The summed E-state index contributed by atoms with van der Waals surface area (Å²) in [6.07, 6.45) is 0. The summed E-state index contributed by atoms with van der Waals surface area (Å²) in [5, 5.41) is 11.3. The smallest absolute Gasteiger partial charge is 0.510 e. The second-order valence-corrected chi connectivity index (χ2v) is 2.42. The monoisotopic (exact) mass is 166 g/mol. The van der Waals surface area contributed by atoms with E-state index in [0.29, 0.717) is 5.75 Å². The average molecular weight is 166 g/mol. The molecule has 0 aliphatic carbocycles. The number of rotatable bonds is 0. The van der Waals surface area contributed by atoms with E-state index in [1.165, 1.54) is 0 Å². The van der Waals surface area contributed by atoms with Crippen molar-refractivity contribution in [2.45, 2.75) is 0 Å². The van der Waals surface area contributed by atoms with Gasteiger partial charge in [0.1, 0.15) is 0 Å². The standard InChI is InChI=1S/C10H7O.Na/c11-10-7-3-5-8-4-1-2-6-9(8)10;/h2-7,11H;/q-1;+1. The van der Waals surface area contributed by atoms with Crippen LogP contribution in [0.25, 0.3) is 10.8 Å². The van der Waals surface area contributed by atoms with Crippen LogP contribution in [-0.4, -0.2) is 5.11 Å². The van der Waals surface area contributed by atoms with Gasteiger partial charge < -0.3 is 5.11 Å². The quantitative estimate of drug-likeness (QED) is 0.407. The Morgan fingerprint density at radius 1 is 1.17 bits per heavy atom. The molecule has 0 spiro atoms. The molecule has 2 aromatic carbocycles. The van der Waals surface area contributed by atoms with Gasteiger partial charge in [-0.05, 0) is 6.07 Å². The third-order valence-electron chi connectivity index (χ3n) is 1.70. The van der Waals surface area contributed by atoms with Gasteiger partial charge in [0.05, 0.1) is 5.75 Å². The van der Waals surface area contributed by atoms with E-state index in [0.717, 1.165) is 10.8 Å². The maximum Gasteiger partial charge on any atom is 1.00 e. The molecule has 12 heavy (non-hydrogen) atoms. The normalized spacial score (nSPS) is 9.33. The first kappa shape index (κ1) is 9.59. The molecule has 0 bridgehead atoms. The largest absolute Gasteiger partial charge is 1.00 e. The molecule has 54 valence electrons. The van der Waals surface area contributed by atoms with Crippen molar-refractivity contribution in [2.24, 2.45) is 0 Å². The zero-order valence-corrected chi connectivity index (χ0v) is 8.91. The molecule has 0 fully saturated rings. The van der Waals surface area contributed by atoms with Crippen molar-refractivity contribution in [3.63, 3.8) is 0 Å². The van der Waals surface area contributed by atoms with Crippen LogP contribution in [0.5, 0.6) is 5.75 Å². The van der Waals surface area contributed by atoms with Gasteiger partial charge in [-0.2, -0.15) is 24.3 Å². The molecule has 0 aliphatic rings. The molecule has 2 aromatic rings. The molecular formula is C10H7NaO. The second kappa shape index (κ2) is 3.94. The summed E-state index contributed by atoms with van der Waals surface area (Å²) in [7, 11) is 0. The summed E-state index contributed by atoms with van der Waals surface area (Å²) >= 11 is 0. The van der Waals surface area contributed by atoms with Gasteiger partial charge in [0.25, 0.3) is 0 Å². The zero-order valence-electron chi connectivity index (χ0n) is 6.91. The molecular weight excluding hydrogens is 159 g/mol. The number of phenols is 1. The number of fused-ring (bicyclic) bond motifs is 1. The number of benzene rings is 2. The molecule has 0 aromatic heterocycles. The molecule has 0 radical (unpaired) electrons. The molecule has 0 amide bonds. The van der Waals surface area contributed by atoms with E-state index in [9.17, 15) is 5.11 Å². The zero-order chi connectivity index (χ0) is 7.68. The molecule has 2 rings (SSSR count). The van der Waals surface area contributed by atoms with Crippen LogP contribution in [0.3, 0.4) is 0 Å². The van der Waals surface area contributed by atoms with Crippen molar-refractivity contribution in [1.82, 2.24) is 0 Å². The summed E-state index contributed by atoms with van der Waals surface area (Å²) in [4.78, 5) is 0. The Labute approximate surface area is 93.3 Å². The minimum Gasteiger partial charge on any atom is -0.510 e. The second-order valence-electron chi connectivity index (χ2n) is 2.42. The molecule has 1 N–H and O–H groups in total. The van der Waals surface area contributed by atoms with E-state index in [1.807, 2.05) is 24.3 Å². The number of phenolic OH excluding ortho intramolecular Hbond substituents is 1. The third kappa shape index (κ3) is 1.63. The molecule has 2 heteroatoms. The van der Waals surface area contributed by atoms with Crippen LogP contribution in [0.4, 0.5) is 0 Å². The fourth-order valence-electron chi connectivity index (χ4n) is 1.15. The van der Waals surface area contributed by atoms with Crippen molar-refractivity contribution >= 4 is 10.8 Å². The Hall–Kier alpha value is -0.500. The van der Waals surface area contributed by atoms with Gasteiger partial charge in [-0.15, -0.1) is 11.5 Å². The Kier molecular flexibility index (Phi) is 3.15. The molecule has 0 saturated carbocycles. The maximum atomic E-state index is 9.36. The average Bonchev–Trinajstić information content (AvgIpc) is 2.06. The van der Waals surface area contributed by atoms with E-state index < -0.39 is 0 Å². The van der Waals surface area contributed by atoms with Crippen molar-refractivity contribution in [2.75, 3.05) is 0 Å². The number of hydrogen-bond acceptors (Lipinski definition) is 1. The minimum atomic E-state index is 0. The molecule has 0 unspecified atom stereocenters. The van der Waals surface area contributed by atoms with Crippen LogP contribution in [0.1, 0.15) is 0 Å².